The molecule has 0 aromatic carbocycles. The van der Waals surface area contributed by atoms with Crippen molar-refractivity contribution >= 4 is 5.91 Å². The summed E-state index contributed by atoms with van der Waals surface area (Å²) in [4.78, 5) is 28.1. The van der Waals surface area contributed by atoms with E-state index in [1.807, 2.05) is 13.0 Å². The van der Waals surface area contributed by atoms with E-state index >= 15 is 0 Å². The number of aromatic nitrogens is 4. The Balaban J connectivity index is 1.72. The molecule has 7 heteroatoms. The van der Waals surface area contributed by atoms with E-state index in [1.54, 1.807) is 12.4 Å². The third kappa shape index (κ3) is 3.48. The van der Waals surface area contributed by atoms with Crippen LogP contribution in [-0.2, 0) is 6.54 Å². The number of carbonyl (C=O) groups is 1. The fourth-order valence-corrected chi connectivity index (χ4v) is 2.67. The lowest BCUT2D eigenvalue weighted by atomic mass is 9.95. The first-order chi connectivity index (χ1) is 10.7. The summed E-state index contributed by atoms with van der Waals surface area (Å²) in [6.45, 7) is 4.14. The number of carbonyl (C=O) groups excluding carboxylic acids is 1. The number of hydrogen-bond donors (Lipinski definition) is 3. The summed E-state index contributed by atoms with van der Waals surface area (Å²) in [5.41, 5.74) is 1.36. The Kier molecular flexibility index (Phi) is 4.43. The minimum atomic E-state index is -0.202. The van der Waals surface area contributed by atoms with Crippen LogP contribution in [0.1, 0.15) is 46.6 Å². The van der Waals surface area contributed by atoms with E-state index in [4.69, 9.17) is 0 Å². The molecule has 2 aromatic heterocycles. The minimum absolute atomic E-state index is 0.202. The average molecular weight is 300 g/mol. The van der Waals surface area contributed by atoms with Gasteiger partial charge in [0.25, 0.3) is 5.91 Å². The molecule has 3 heterocycles. The number of rotatable bonds is 4. The smallest absolute Gasteiger partial charge is 0.270 e. The number of nitrogens with one attached hydrogen (secondary N) is 3. The van der Waals surface area contributed by atoms with E-state index in [9.17, 15) is 4.79 Å². The number of H-pyrrole nitrogens is 1. The molecule has 22 heavy (non-hydrogen) atoms. The van der Waals surface area contributed by atoms with Crippen molar-refractivity contribution < 1.29 is 4.79 Å². The first-order valence-electron chi connectivity index (χ1n) is 7.55. The quantitative estimate of drug-likeness (QED) is 0.780. The van der Waals surface area contributed by atoms with Gasteiger partial charge in [-0.15, -0.1) is 0 Å². The van der Waals surface area contributed by atoms with Gasteiger partial charge >= 0.3 is 0 Å². The highest BCUT2D eigenvalue weighted by Crippen LogP contribution is 2.22. The van der Waals surface area contributed by atoms with E-state index in [0.717, 1.165) is 37.4 Å². The number of aryl methyl sites for hydroxylation is 1. The molecule has 3 rings (SSSR count). The van der Waals surface area contributed by atoms with E-state index in [2.05, 4.69) is 30.6 Å². The van der Waals surface area contributed by atoms with Gasteiger partial charge in [0.2, 0.25) is 0 Å². The molecular weight excluding hydrogens is 280 g/mol. The van der Waals surface area contributed by atoms with Crippen molar-refractivity contribution in [3.8, 4) is 0 Å². The molecule has 7 nitrogen and oxygen atoms in total. The molecule has 116 valence electrons. The van der Waals surface area contributed by atoms with Crippen LogP contribution in [0.4, 0.5) is 0 Å². The summed E-state index contributed by atoms with van der Waals surface area (Å²) >= 11 is 0. The molecule has 1 amide bonds. The van der Waals surface area contributed by atoms with Crippen molar-refractivity contribution in [2.24, 2.45) is 0 Å². The molecule has 1 fully saturated rings. The molecule has 1 aliphatic heterocycles. The van der Waals surface area contributed by atoms with E-state index in [1.165, 1.54) is 0 Å². The van der Waals surface area contributed by atoms with Crippen LogP contribution in [0.5, 0.6) is 0 Å². The van der Waals surface area contributed by atoms with Crippen LogP contribution >= 0.6 is 0 Å². The molecule has 0 aliphatic carbocycles. The second-order valence-electron chi connectivity index (χ2n) is 5.49. The number of imidazole rings is 1. The summed E-state index contributed by atoms with van der Waals surface area (Å²) in [6, 6.07) is 1.81. The van der Waals surface area contributed by atoms with Crippen LogP contribution in [0.2, 0.25) is 0 Å². The number of piperidine rings is 1. The largest absolute Gasteiger partial charge is 0.347 e. The lowest BCUT2D eigenvalue weighted by Crippen LogP contribution is -2.30. The van der Waals surface area contributed by atoms with Gasteiger partial charge in [-0.3, -0.25) is 4.79 Å². The third-order valence-corrected chi connectivity index (χ3v) is 3.78. The Morgan fingerprint density at radius 1 is 1.45 bits per heavy atom. The first-order valence-corrected chi connectivity index (χ1v) is 7.55. The van der Waals surface area contributed by atoms with Gasteiger partial charge in [0.1, 0.15) is 17.3 Å². The zero-order valence-corrected chi connectivity index (χ0v) is 12.6. The molecule has 0 radical (unpaired) electrons. The molecule has 0 unspecified atom stereocenters. The first kappa shape index (κ1) is 14.6. The topological polar surface area (TPSA) is 95.6 Å². The number of hydrogen-bond acceptors (Lipinski definition) is 5. The Bertz CT molecular complexity index is 633. The zero-order valence-electron chi connectivity index (χ0n) is 12.6. The zero-order chi connectivity index (χ0) is 15.4. The SMILES string of the molecule is Cc1nc(C(=O)NCc2ncc[nH]2)cc([C@H]2CCCNC2)n1. The number of amides is 1. The van der Waals surface area contributed by atoms with Crippen LogP contribution in [0, 0.1) is 6.92 Å². The van der Waals surface area contributed by atoms with Crippen molar-refractivity contribution in [3.05, 3.63) is 41.5 Å². The van der Waals surface area contributed by atoms with Gasteiger partial charge in [0, 0.05) is 30.6 Å². The maximum Gasteiger partial charge on any atom is 0.270 e. The highest BCUT2D eigenvalue weighted by atomic mass is 16.1. The molecule has 1 saturated heterocycles. The molecule has 1 atom stereocenters. The fraction of sp³-hybridized carbons (Fsp3) is 0.467. The summed E-state index contributed by atoms with van der Waals surface area (Å²) in [5.74, 6) is 1.50. The third-order valence-electron chi connectivity index (χ3n) is 3.78. The monoisotopic (exact) mass is 300 g/mol. The van der Waals surface area contributed by atoms with Crippen LogP contribution < -0.4 is 10.6 Å². The fourth-order valence-electron chi connectivity index (χ4n) is 2.67. The molecule has 0 saturated carbocycles. The summed E-state index contributed by atoms with van der Waals surface area (Å²) in [5, 5.41) is 6.19. The lowest BCUT2D eigenvalue weighted by molar-refractivity contribution is 0.0944. The van der Waals surface area contributed by atoms with Crippen molar-refractivity contribution in [3.63, 3.8) is 0 Å². The predicted molar refractivity (Wildman–Crippen MR) is 81.4 cm³/mol. The lowest BCUT2D eigenvalue weighted by Gasteiger charge is -2.22. The van der Waals surface area contributed by atoms with Gasteiger partial charge in [-0.05, 0) is 32.4 Å². The van der Waals surface area contributed by atoms with Crippen molar-refractivity contribution in [2.75, 3.05) is 13.1 Å². The maximum absolute atomic E-state index is 12.3. The summed E-state index contributed by atoms with van der Waals surface area (Å²) < 4.78 is 0. The maximum atomic E-state index is 12.3. The minimum Gasteiger partial charge on any atom is -0.347 e. The summed E-state index contributed by atoms with van der Waals surface area (Å²) in [7, 11) is 0. The van der Waals surface area contributed by atoms with Gasteiger partial charge in [0.15, 0.2) is 0 Å². The molecule has 2 aromatic rings. The second kappa shape index (κ2) is 6.65. The predicted octanol–water partition coefficient (Wildman–Crippen LogP) is 0.905. The molecule has 1 aliphatic rings. The van der Waals surface area contributed by atoms with Gasteiger partial charge in [0.05, 0.1) is 6.54 Å². The summed E-state index contributed by atoms with van der Waals surface area (Å²) in [6.07, 6.45) is 5.61. The van der Waals surface area contributed by atoms with Gasteiger partial charge in [-0.25, -0.2) is 15.0 Å². The second-order valence-corrected chi connectivity index (χ2v) is 5.49. The number of nitrogens with zero attached hydrogens (tertiary/aromatic N) is 3. The Morgan fingerprint density at radius 2 is 2.36 bits per heavy atom. The average Bonchev–Trinajstić information content (AvgIpc) is 3.06. The van der Waals surface area contributed by atoms with E-state index in [0.29, 0.717) is 24.0 Å². The number of aromatic amines is 1. The van der Waals surface area contributed by atoms with Crippen LogP contribution in [0.3, 0.4) is 0 Å². The van der Waals surface area contributed by atoms with Gasteiger partial charge in [-0.1, -0.05) is 0 Å². The van der Waals surface area contributed by atoms with Crippen molar-refractivity contribution in [1.82, 2.24) is 30.6 Å². The molecule has 0 bridgehead atoms. The van der Waals surface area contributed by atoms with Gasteiger partial charge < -0.3 is 15.6 Å². The van der Waals surface area contributed by atoms with E-state index < -0.39 is 0 Å². The van der Waals surface area contributed by atoms with Crippen LogP contribution in [-0.4, -0.2) is 38.9 Å². The standard InChI is InChI=1S/C15H20N6O/c1-10-20-12(11-3-2-4-16-8-11)7-13(21-10)15(22)19-9-14-17-5-6-18-14/h5-7,11,16H,2-4,8-9H2,1H3,(H,17,18)(H,19,22)/t11-/m0/s1. The Labute approximate surface area is 129 Å². The van der Waals surface area contributed by atoms with Crippen molar-refractivity contribution in [1.29, 1.82) is 0 Å². The van der Waals surface area contributed by atoms with Crippen LogP contribution in [0.15, 0.2) is 18.5 Å². The molecule has 3 N–H and O–H groups in total. The van der Waals surface area contributed by atoms with Crippen LogP contribution in [0.25, 0.3) is 0 Å². The normalized spacial score (nSPS) is 18.1. The Hall–Kier alpha value is -2.28. The molecular formula is C15H20N6O. The molecule has 0 spiro atoms. The van der Waals surface area contributed by atoms with Crippen molar-refractivity contribution in [2.45, 2.75) is 32.2 Å². The van der Waals surface area contributed by atoms with E-state index in [-0.39, 0.29) is 5.91 Å². The van der Waals surface area contributed by atoms with Gasteiger partial charge in [-0.2, -0.15) is 0 Å². The highest BCUT2D eigenvalue weighted by molar-refractivity contribution is 5.92. The highest BCUT2D eigenvalue weighted by Gasteiger charge is 2.19. The Morgan fingerprint density at radius 3 is 3.09 bits per heavy atom.